The number of pyridine rings is 1. The monoisotopic (exact) mass is 257 g/mol. The molecule has 3 rings (SSSR count). The van der Waals surface area contributed by atoms with Crippen molar-refractivity contribution in [2.75, 3.05) is 0 Å². The van der Waals surface area contributed by atoms with Gasteiger partial charge in [0.15, 0.2) is 5.65 Å². The van der Waals surface area contributed by atoms with Crippen LogP contribution in [0, 0.1) is 0 Å². The number of imidazole rings is 1. The van der Waals surface area contributed by atoms with Crippen LogP contribution in [0.25, 0.3) is 11.2 Å². The lowest BCUT2D eigenvalue weighted by Gasteiger charge is -2.04. The summed E-state index contributed by atoms with van der Waals surface area (Å²) in [5.74, 6) is 0.921. The summed E-state index contributed by atoms with van der Waals surface area (Å²) in [5, 5.41) is 8.02. The van der Waals surface area contributed by atoms with Crippen LogP contribution in [-0.4, -0.2) is 29.5 Å². The van der Waals surface area contributed by atoms with Crippen molar-refractivity contribution in [3.63, 3.8) is 0 Å². The topological polar surface area (TPSA) is 87.4 Å². The quantitative estimate of drug-likeness (QED) is 0.737. The van der Waals surface area contributed by atoms with E-state index >= 15 is 0 Å². The molecular weight excluding hydrogens is 242 g/mol. The van der Waals surface area contributed by atoms with Gasteiger partial charge < -0.3 is 10.3 Å². The van der Waals surface area contributed by atoms with Gasteiger partial charge in [-0.3, -0.25) is 0 Å². The van der Waals surface area contributed by atoms with Crippen molar-refractivity contribution in [3.05, 3.63) is 36.0 Å². The van der Waals surface area contributed by atoms with Gasteiger partial charge in [-0.2, -0.15) is 0 Å². The summed E-state index contributed by atoms with van der Waals surface area (Å²) in [6.45, 7) is 3.86. The minimum Gasteiger partial charge on any atom is -0.325 e. The summed E-state index contributed by atoms with van der Waals surface area (Å²) in [4.78, 5) is 8.97. The number of hydrogen-bond acceptors (Lipinski definition) is 5. The van der Waals surface area contributed by atoms with Crippen LogP contribution in [0.3, 0.4) is 0 Å². The molecule has 0 aliphatic carbocycles. The van der Waals surface area contributed by atoms with Crippen molar-refractivity contribution in [1.29, 1.82) is 0 Å². The largest absolute Gasteiger partial charge is 0.325 e. The summed E-state index contributed by atoms with van der Waals surface area (Å²) in [6, 6.07) is 3.85. The van der Waals surface area contributed by atoms with E-state index in [0.717, 1.165) is 29.2 Å². The second kappa shape index (κ2) is 4.77. The Kier molecular flexibility index (Phi) is 2.96. The van der Waals surface area contributed by atoms with Gasteiger partial charge in [0.2, 0.25) is 0 Å². The van der Waals surface area contributed by atoms with E-state index in [9.17, 15) is 0 Å². The molecule has 0 bridgehead atoms. The van der Waals surface area contributed by atoms with Gasteiger partial charge in [-0.15, -0.1) is 5.10 Å². The van der Waals surface area contributed by atoms with Crippen LogP contribution in [0.15, 0.2) is 24.5 Å². The molecule has 0 unspecified atom stereocenters. The van der Waals surface area contributed by atoms with E-state index in [1.807, 2.05) is 18.3 Å². The predicted octanol–water partition coefficient (Wildman–Crippen LogP) is 0.550. The molecule has 2 N–H and O–H groups in total. The number of aryl methyl sites for hydroxylation is 1. The number of nitrogens with two attached hydrogens (primary N) is 1. The highest BCUT2D eigenvalue weighted by atomic mass is 15.4. The SMILES string of the molecule is CCn1c(Cn2cc(CN)nn2)nc2cccnc21. The number of rotatable bonds is 4. The van der Waals surface area contributed by atoms with Crippen LogP contribution in [-0.2, 0) is 19.6 Å². The van der Waals surface area contributed by atoms with Gasteiger partial charge in [-0.25, -0.2) is 14.6 Å². The van der Waals surface area contributed by atoms with Crippen LogP contribution in [0.2, 0.25) is 0 Å². The molecule has 3 aromatic heterocycles. The summed E-state index contributed by atoms with van der Waals surface area (Å²) in [5.41, 5.74) is 8.11. The second-order valence-corrected chi connectivity index (χ2v) is 4.23. The minimum atomic E-state index is 0.395. The third-order valence-corrected chi connectivity index (χ3v) is 3.00. The van der Waals surface area contributed by atoms with Crippen molar-refractivity contribution >= 4 is 11.2 Å². The molecule has 0 aromatic carbocycles. The van der Waals surface area contributed by atoms with E-state index in [0.29, 0.717) is 13.1 Å². The molecule has 0 saturated heterocycles. The molecule has 7 nitrogen and oxygen atoms in total. The maximum atomic E-state index is 5.53. The van der Waals surface area contributed by atoms with Crippen LogP contribution in [0.4, 0.5) is 0 Å². The van der Waals surface area contributed by atoms with Crippen LogP contribution >= 0.6 is 0 Å². The first-order chi connectivity index (χ1) is 9.31. The first-order valence-electron chi connectivity index (χ1n) is 6.21. The standard InChI is InChI=1S/C12H15N7/c1-2-19-11(8-18-7-9(6-13)16-17-18)15-10-4-3-5-14-12(10)19/h3-5,7H,2,6,8,13H2,1H3. The van der Waals surface area contributed by atoms with Crippen LogP contribution < -0.4 is 5.73 Å². The maximum absolute atomic E-state index is 5.53. The third-order valence-electron chi connectivity index (χ3n) is 3.00. The van der Waals surface area contributed by atoms with E-state index < -0.39 is 0 Å². The zero-order valence-corrected chi connectivity index (χ0v) is 10.7. The van der Waals surface area contributed by atoms with Gasteiger partial charge in [-0.05, 0) is 19.1 Å². The Hall–Kier alpha value is -2.28. The minimum absolute atomic E-state index is 0.395. The van der Waals surface area contributed by atoms with Crippen LogP contribution in [0.5, 0.6) is 0 Å². The summed E-state index contributed by atoms with van der Waals surface area (Å²) >= 11 is 0. The van der Waals surface area contributed by atoms with Gasteiger partial charge >= 0.3 is 0 Å². The Morgan fingerprint density at radius 3 is 3.00 bits per heavy atom. The average molecular weight is 257 g/mol. The summed E-state index contributed by atoms with van der Waals surface area (Å²) in [7, 11) is 0. The van der Waals surface area contributed by atoms with E-state index in [2.05, 4.69) is 31.8 Å². The van der Waals surface area contributed by atoms with Crippen molar-refractivity contribution < 1.29 is 0 Å². The molecular formula is C12H15N7. The van der Waals surface area contributed by atoms with Crippen molar-refractivity contribution in [2.24, 2.45) is 5.73 Å². The van der Waals surface area contributed by atoms with Crippen molar-refractivity contribution in [1.82, 2.24) is 29.5 Å². The fraction of sp³-hybridized carbons (Fsp3) is 0.333. The third kappa shape index (κ3) is 2.08. The fourth-order valence-electron chi connectivity index (χ4n) is 2.11. The smallest absolute Gasteiger partial charge is 0.160 e. The average Bonchev–Trinajstić information content (AvgIpc) is 3.02. The Morgan fingerprint density at radius 1 is 1.37 bits per heavy atom. The number of aromatic nitrogens is 6. The molecule has 0 spiro atoms. The van der Waals surface area contributed by atoms with Gasteiger partial charge in [-0.1, -0.05) is 5.21 Å². The Bertz CT molecular complexity index is 697. The first-order valence-corrected chi connectivity index (χ1v) is 6.21. The zero-order chi connectivity index (χ0) is 13.2. The van der Waals surface area contributed by atoms with Crippen LogP contribution in [0.1, 0.15) is 18.4 Å². The molecule has 3 aromatic rings. The lowest BCUT2D eigenvalue weighted by atomic mass is 10.4. The number of fused-ring (bicyclic) bond motifs is 1. The first kappa shape index (κ1) is 11.8. The predicted molar refractivity (Wildman–Crippen MR) is 70.2 cm³/mol. The number of nitrogens with zero attached hydrogens (tertiary/aromatic N) is 6. The molecule has 0 amide bonds. The molecule has 0 saturated carbocycles. The van der Waals surface area contributed by atoms with Gasteiger partial charge in [0, 0.05) is 19.3 Å². The zero-order valence-electron chi connectivity index (χ0n) is 10.7. The van der Waals surface area contributed by atoms with E-state index in [1.165, 1.54) is 0 Å². The lowest BCUT2D eigenvalue weighted by molar-refractivity contribution is 0.593. The highest BCUT2D eigenvalue weighted by Crippen LogP contribution is 2.14. The highest BCUT2D eigenvalue weighted by Gasteiger charge is 2.11. The molecule has 0 aliphatic rings. The summed E-state index contributed by atoms with van der Waals surface area (Å²) < 4.78 is 3.83. The highest BCUT2D eigenvalue weighted by molar-refractivity contribution is 5.71. The molecule has 98 valence electrons. The molecule has 0 fully saturated rings. The Balaban J connectivity index is 1.99. The molecule has 19 heavy (non-hydrogen) atoms. The van der Waals surface area contributed by atoms with E-state index in [1.54, 1.807) is 10.9 Å². The molecule has 0 atom stereocenters. The second-order valence-electron chi connectivity index (χ2n) is 4.23. The van der Waals surface area contributed by atoms with Crippen molar-refractivity contribution in [3.8, 4) is 0 Å². The molecule has 0 aliphatic heterocycles. The normalized spacial score (nSPS) is 11.3. The van der Waals surface area contributed by atoms with Crippen molar-refractivity contribution in [2.45, 2.75) is 26.6 Å². The number of hydrogen-bond donors (Lipinski definition) is 1. The molecule has 7 heteroatoms. The van der Waals surface area contributed by atoms with E-state index in [-0.39, 0.29) is 0 Å². The molecule has 0 radical (unpaired) electrons. The van der Waals surface area contributed by atoms with Gasteiger partial charge in [0.1, 0.15) is 17.9 Å². The Labute approximate surface area is 110 Å². The van der Waals surface area contributed by atoms with E-state index in [4.69, 9.17) is 5.73 Å². The lowest BCUT2D eigenvalue weighted by Crippen LogP contribution is -2.09. The van der Waals surface area contributed by atoms with Gasteiger partial charge in [0.25, 0.3) is 0 Å². The molecule has 3 heterocycles. The summed E-state index contributed by atoms with van der Waals surface area (Å²) in [6.07, 6.45) is 3.62. The van der Waals surface area contributed by atoms with Gasteiger partial charge in [0.05, 0.1) is 11.9 Å². The fourth-order valence-corrected chi connectivity index (χ4v) is 2.11. The maximum Gasteiger partial charge on any atom is 0.160 e. The Morgan fingerprint density at radius 2 is 2.26 bits per heavy atom.